The summed E-state index contributed by atoms with van der Waals surface area (Å²) < 4.78 is 6.61. The third-order valence-corrected chi connectivity index (χ3v) is 6.63. The van der Waals surface area contributed by atoms with Crippen LogP contribution in [0.5, 0.6) is 0 Å². The lowest BCUT2D eigenvalue weighted by Gasteiger charge is -2.37. The van der Waals surface area contributed by atoms with Gasteiger partial charge in [-0.3, -0.25) is 14.4 Å². The van der Waals surface area contributed by atoms with Gasteiger partial charge in [0.25, 0.3) is 5.91 Å². The number of carbonyl (C=O) groups is 3. The number of fused-ring (bicyclic) bond motifs is 2. The predicted octanol–water partition coefficient (Wildman–Crippen LogP) is 3.00. The van der Waals surface area contributed by atoms with Crippen LogP contribution in [0.15, 0.2) is 29.6 Å². The molecule has 3 heterocycles. The number of Topliss-reactive ketones (excluding diaryl/α,β-unsaturated/α-hetero) is 1. The largest absolute Gasteiger partial charge is 0.368 e. The first-order valence-electron chi connectivity index (χ1n) is 10.2. The number of hydrogen-bond donors (Lipinski definition) is 1. The Morgan fingerprint density at radius 1 is 1.31 bits per heavy atom. The van der Waals surface area contributed by atoms with Gasteiger partial charge < -0.3 is 15.0 Å². The van der Waals surface area contributed by atoms with Gasteiger partial charge in [-0.05, 0) is 31.2 Å². The van der Waals surface area contributed by atoms with Crippen molar-refractivity contribution in [2.75, 3.05) is 13.2 Å². The summed E-state index contributed by atoms with van der Waals surface area (Å²) in [6, 6.07) is 6.58. The number of piperidine rings is 1. The number of carbonyl (C=O) groups excluding carboxylic acids is 3. The van der Waals surface area contributed by atoms with Gasteiger partial charge in [0.05, 0.1) is 11.7 Å². The van der Waals surface area contributed by atoms with E-state index < -0.39 is 12.1 Å². The van der Waals surface area contributed by atoms with Gasteiger partial charge in [-0.15, -0.1) is 11.3 Å². The molecule has 154 valence electrons. The van der Waals surface area contributed by atoms with Gasteiger partial charge in [0.15, 0.2) is 5.78 Å². The molecule has 6 nitrogen and oxygen atoms in total. The minimum Gasteiger partial charge on any atom is -0.368 e. The Hall–Kier alpha value is -2.25. The lowest BCUT2D eigenvalue weighted by atomic mass is 9.95. The fourth-order valence-electron chi connectivity index (χ4n) is 4.32. The third kappa shape index (κ3) is 3.94. The van der Waals surface area contributed by atoms with Crippen LogP contribution < -0.4 is 5.32 Å². The number of benzene rings is 1. The molecule has 3 unspecified atom stereocenters. The van der Waals surface area contributed by atoms with Crippen LogP contribution in [0.25, 0.3) is 10.1 Å². The van der Waals surface area contributed by atoms with Crippen LogP contribution >= 0.6 is 11.3 Å². The summed E-state index contributed by atoms with van der Waals surface area (Å²) in [4.78, 5) is 40.4. The van der Waals surface area contributed by atoms with Crippen LogP contribution in [0.2, 0.25) is 0 Å². The number of likely N-dealkylation sites (tertiary alicyclic amines) is 1. The van der Waals surface area contributed by atoms with Crippen LogP contribution in [0.3, 0.4) is 0 Å². The van der Waals surface area contributed by atoms with Gasteiger partial charge in [0.2, 0.25) is 5.91 Å². The van der Waals surface area contributed by atoms with Crippen LogP contribution in [0, 0.1) is 5.92 Å². The molecule has 3 atom stereocenters. The average molecular weight is 415 g/mol. The molecule has 1 aromatic carbocycles. The van der Waals surface area contributed by atoms with E-state index in [9.17, 15) is 14.4 Å². The van der Waals surface area contributed by atoms with E-state index in [2.05, 4.69) is 5.32 Å². The predicted molar refractivity (Wildman–Crippen MR) is 112 cm³/mol. The number of nitrogens with zero attached hydrogens (tertiary/aromatic N) is 1. The Morgan fingerprint density at radius 2 is 2.10 bits per heavy atom. The van der Waals surface area contributed by atoms with Crippen molar-refractivity contribution in [3.63, 3.8) is 0 Å². The highest BCUT2D eigenvalue weighted by molar-refractivity contribution is 7.17. The summed E-state index contributed by atoms with van der Waals surface area (Å²) >= 11 is 1.52. The van der Waals surface area contributed by atoms with Gasteiger partial charge in [-0.25, -0.2) is 0 Å². The molecule has 2 aliphatic rings. The molecule has 0 aliphatic carbocycles. The number of amides is 2. The first-order chi connectivity index (χ1) is 14.0. The quantitative estimate of drug-likeness (QED) is 0.816. The van der Waals surface area contributed by atoms with Gasteiger partial charge in [0, 0.05) is 22.0 Å². The number of ketones is 1. The molecule has 4 rings (SSSR count). The highest BCUT2D eigenvalue weighted by Gasteiger charge is 2.45. The summed E-state index contributed by atoms with van der Waals surface area (Å²) in [5.41, 5.74) is 0.587. The molecular weight excluding hydrogens is 388 g/mol. The van der Waals surface area contributed by atoms with E-state index in [-0.39, 0.29) is 36.2 Å². The van der Waals surface area contributed by atoms with Gasteiger partial charge in [-0.2, -0.15) is 0 Å². The zero-order valence-electron chi connectivity index (χ0n) is 16.7. The monoisotopic (exact) mass is 414 g/mol. The minimum absolute atomic E-state index is 0.0403. The van der Waals surface area contributed by atoms with Crippen LogP contribution in [0.1, 0.15) is 43.5 Å². The second kappa shape index (κ2) is 8.24. The van der Waals surface area contributed by atoms with Crippen molar-refractivity contribution in [3.05, 3.63) is 35.2 Å². The maximum Gasteiger partial charge on any atom is 0.253 e. The second-order valence-corrected chi connectivity index (χ2v) is 9.15. The van der Waals surface area contributed by atoms with Crippen molar-refractivity contribution in [3.8, 4) is 0 Å². The molecule has 7 heteroatoms. The van der Waals surface area contributed by atoms with Crippen molar-refractivity contribution in [1.29, 1.82) is 0 Å². The lowest BCUT2D eigenvalue weighted by Crippen LogP contribution is -2.58. The normalized spacial score (nSPS) is 22.7. The zero-order valence-corrected chi connectivity index (χ0v) is 17.5. The molecule has 29 heavy (non-hydrogen) atoms. The Kier molecular flexibility index (Phi) is 5.69. The number of thiophene rings is 1. The third-order valence-electron chi connectivity index (χ3n) is 5.66. The molecule has 2 aliphatic heterocycles. The standard InChI is InChI=1S/C22H26N2O4S/c1-13(2)10-16(22(27)24-9-5-7-18-20(24)17(25)11-28-18)23-21(26)15-12-29-19-8-4-3-6-14(15)19/h3-4,6,8,12-13,16,18,20H,5,7,9-11H2,1-2H3,(H,23,26). The SMILES string of the molecule is CC(C)CC(NC(=O)c1csc2ccccc12)C(=O)N1CCCC2OCC(=O)C21. The Labute approximate surface area is 174 Å². The Morgan fingerprint density at radius 3 is 2.90 bits per heavy atom. The molecule has 0 spiro atoms. The van der Waals surface area contributed by atoms with E-state index >= 15 is 0 Å². The Bertz CT molecular complexity index is 938. The van der Waals surface area contributed by atoms with Crippen molar-refractivity contribution in [2.45, 2.75) is 51.3 Å². The summed E-state index contributed by atoms with van der Waals surface area (Å²) in [7, 11) is 0. The maximum atomic E-state index is 13.4. The Balaban J connectivity index is 1.56. The van der Waals surface area contributed by atoms with E-state index in [0.29, 0.717) is 18.5 Å². The first-order valence-corrected chi connectivity index (χ1v) is 11.1. The molecule has 1 N–H and O–H groups in total. The molecule has 2 amide bonds. The smallest absolute Gasteiger partial charge is 0.253 e. The fraction of sp³-hybridized carbons (Fsp3) is 0.500. The summed E-state index contributed by atoms with van der Waals surface area (Å²) in [5.74, 6) is -0.245. The van der Waals surface area contributed by atoms with E-state index in [0.717, 1.165) is 22.9 Å². The van der Waals surface area contributed by atoms with Crippen molar-refractivity contribution in [1.82, 2.24) is 10.2 Å². The molecule has 1 aromatic heterocycles. The maximum absolute atomic E-state index is 13.4. The fourth-order valence-corrected chi connectivity index (χ4v) is 5.26. The molecule has 2 fully saturated rings. The highest BCUT2D eigenvalue weighted by atomic mass is 32.1. The number of ether oxygens (including phenoxy) is 1. The van der Waals surface area contributed by atoms with Crippen molar-refractivity contribution < 1.29 is 19.1 Å². The lowest BCUT2D eigenvalue weighted by molar-refractivity contribution is -0.142. The van der Waals surface area contributed by atoms with Gasteiger partial charge >= 0.3 is 0 Å². The van der Waals surface area contributed by atoms with E-state index in [1.807, 2.05) is 43.5 Å². The molecule has 2 saturated heterocycles. The summed E-state index contributed by atoms with van der Waals surface area (Å²) in [6.45, 7) is 4.65. The number of hydrogen-bond acceptors (Lipinski definition) is 5. The van der Waals surface area contributed by atoms with Crippen LogP contribution in [-0.4, -0.2) is 53.8 Å². The molecule has 0 saturated carbocycles. The van der Waals surface area contributed by atoms with Crippen LogP contribution in [0.4, 0.5) is 0 Å². The first kappa shape index (κ1) is 20.0. The molecule has 0 bridgehead atoms. The van der Waals surface area contributed by atoms with E-state index in [4.69, 9.17) is 4.74 Å². The number of rotatable bonds is 5. The molecule has 0 radical (unpaired) electrons. The van der Waals surface area contributed by atoms with Gasteiger partial charge in [-0.1, -0.05) is 32.0 Å². The van der Waals surface area contributed by atoms with Crippen molar-refractivity contribution >= 4 is 39.0 Å². The van der Waals surface area contributed by atoms with Crippen molar-refractivity contribution in [2.24, 2.45) is 5.92 Å². The topological polar surface area (TPSA) is 75.7 Å². The van der Waals surface area contributed by atoms with Gasteiger partial charge in [0.1, 0.15) is 18.7 Å². The number of nitrogens with one attached hydrogen (secondary N) is 1. The van der Waals surface area contributed by atoms with Crippen LogP contribution in [-0.2, 0) is 14.3 Å². The zero-order chi connectivity index (χ0) is 20.5. The highest BCUT2D eigenvalue weighted by Crippen LogP contribution is 2.28. The minimum atomic E-state index is -0.659. The molecular formula is C22H26N2O4S. The average Bonchev–Trinajstić information content (AvgIpc) is 3.30. The second-order valence-electron chi connectivity index (χ2n) is 8.24. The van der Waals surface area contributed by atoms with E-state index in [1.54, 1.807) is 4.90 Å². The summed E-state index contributed by atoms with van der Waals surface area (Å²) in [5, 5.41) is 5.69. The van der Waals surface area contributed by atoms with E-state index in [1.165, 1.54) is 11.3 Å². The summed E-state index contributed by atoms with van der Waals surface area (Å²) in [6.07, 6.45) is 1.91. The molecule has 2 aromatic rings.